The summed E-state index contributed by atoms with van der Waals surface area (Å²) in [6.45, 7) is 5.99. The molecule has 5 heteroatoms. The number of benzene rings is 2. The highest BCUT2D eigenvalue weighted by atomic mass is 16.3. The Kier molecular flexibility index (Phi) is 16.3. The van der Waals surface area contributed by atoms with Crippen molar-refractivity contribution in [3.63, 3.8) is 0 Å². The molecule has 2 N–H and O–H groups in total. The van der Waals surface area contributed by atoms with Crippen LogP contribution in [0, 0.1) is 0 Å². The van der Waals surface area contributed by atoms with E-state index in [0.29, 0.717) is 13.0 Å². The average Bonchev–Trinajstić information content (AvgIpc) is 2.96. The van der Waals surface area contributed by atoms with E-state index in [-0.39, 0.29) is 18.4 Å². The van der Waals surface area contributed by atoms with Crippen LogP contribution >= 0.6 is 0 Å². The molecule has 0 aliphatic heterocycles. The van der Waals surface area contributed by atoms with Crippen molar-refractivity contribution in [3.8, 4) is 0 Å². The number of carbonyl (C=O) groups is 2. The number of amides is 2. The Labute approximate surface area is 243 Å². The van der Waals surface area contributed by atoms with Crippen molar-refractivity contribution in [3.05, 3.63) is 71.8 Å². The number of carbonyl (C=O) groups excluding carboxylic acids is 2. The van der Waals surface area contributed by atoms with Crippen molar-refractivity contribution in [2.24, 2.45) is 0 Å². The van der Waals surface area contributed by atoms with Gasteiger partial charge in [-0.2, -0.15) is 0 Å². The number of rotatable bonds is 21. The molecule has 0 saturated carbocycles. The van der Waals surface area contributed by atoms with Crippen molar-refractivity contribution in [1.82, 2.24) is 10.2 Å². The van der Waals surface area contributed by atoms with Gasteiger partial charge in [0.25, 0.3) is 0 Å². The van der Waals surface area contributed by atoms with Gasteiger partial charge < -0.3 is 15.3 Å². The number of nitrogens with one attached hydrogen (secondary N) is 1. The first-order chi connectivity index (χ1) is 19.4. The largest absolute Gasteiger partial charge is 0.394 e. The van der Waals surface area contributed by atoms with Gasteiger partial charge in [-0.15, -0.1) is 0 Å². The summed E-state index contributed by atoms with van der Waals surface area (Å²) in [5.41, 5.74) is 0.959. The standard InChI is InChI=1S/C35H54N2O3/c1-4-5-6-7-8-9-10-11-12-13-14-15-22-27-32(39)37(28-30-23-18-16-19-24-30)33(31-25-20-17-21-26-31)34(40)36-35(2,3)29-38/h16-21,23-26,33,38H,4-15,22,27-29H2,1-3H3,(H,36,40). The molecule has 1 unspecified atom stereocenters. The third kappa shape index (κ3) is 13.1. The van der Waals surface area contributed by atoms with Crippen LogP contribution in [0.2, 0.25) is 0 Å². The summed E-state index contributed by atoms with van der Waals surface area (Å²) < 4.78 is 0. The number of aliphatic hydroxyl groups excluding tert-OH is 1. The van der Waals surface area contributed by atoms with E-state index in [9.17, 15) is 14.7 Å². The molecule has 2 aromatic rings. The van der Waals surface area contributed by atoms with Crippen molar-refractivity contribution >= 4 is 11.8 Å². The van der Waals surface area contributed by atoms with Gasteiger partial charge in [-0.3, -0.25) is 9.59 Å². The fraction of sp³-hybridized carbons (Fsp3) is 0.600. The first-order valence-electron chi connectivity index (χ1n) is 15.7. The summed E-state index contributed by atoms with van der Waals surface area (Å²) in [6, 6.07) is 18.6. The molecule has 0 saturated heterocycles. The van der Waals surface area contributed by atoms with Gasteiger partial charge in [0.1, 0.15) is 6.04 Å². The number of hydrogen-bond acceptors (Lipinski definition) is 3. The summed E-state index contributed by atoms with van der Waals surface area (Å²) in [5, 5.41) is 12.7. The minimum atomic E-state index is -0.791. The molecule has 2 amide bonds. The van der Waals surface area contributed by atoms with E-state index < -0.39 is 11.6 Å². The Hall–Kier alpha value is -2.66. The van der Waals surface area contributed by atoms with Gasteiger partial charge in [-0.25, -0.2) is 0 Å². The number of nitrogens with zero attached hydrogens (tertiary/aromatic N) is 1. The maximum atomic E-state index is 13.7. The van der Waals surface area contributed by atoms with Crippen LogP contribution in [-0.2, 0) is 16.1 Å². The quantitative estimate of drug-likeness (QED) is 0.154. The minimum Gasteiger partial charge on any atom is -0.394 e. The molecule has 0 aliphatic rings. The summed E-state index contributed by atoms with van der Waals surface area (Å²) in [7, 11) is 0. The lowest BCUT2D eigenvalue weighted by molar-refractivity contribution is -0.142. The molecule has 0 radical (unpaired) electrons. The van der Waals surface area contributed by atoms with Gasteiger partial charge in [0.05, 0.1) is 12.1 Å². The average molecular weight is 551 g/mol. The Morgan fingerprint density at radius 1 is 0.750 bits per heavy atom. The molecular weight excluding hydrogens is 496 g/mol. The number of aliphatic hydroxyl groups is 1. The van der Waals surface area contributed by atoms with Crippen molar-refractivity contribution in [2.75, 3.05) is 6.61 Å². The lowest BCUT2D eigenvalue weighted by atomic mass is 9.99. The Morgan fingerprint density at radius 2 is 1.23 bits per heavy atom. The normalized spacial score (nSPS) is 12.2. The zero-order chi connectivity index (χ0) is 29.1. The van der Waals surface area contributed by atoms with Gasteiger partial charge in [0.15, 0.2) is 0 Å². The van der Waals surface area contributed by atoms with Crippen LogP contribution in [0.3, 0.4) is 0 Å². The summed E-state index contributed by atoms with van der Waals surface area (Å²) in [6.07, 6.45) is 16.8. The van der Waals surface area contributed by atoms with E-state index in [2.05, 4.69) is 12.2 Å². The van der Waals surface area contributed by atoms with Gasteiger partial charge in [0.2, 0.25) is 11.8 Å². The molecule has 0 aliphatic carbocycles. The molecule has 1 atom stereocenters. The van der Waals surface area contributed by atoms with Crippen LogP contribution in [0.1, 0.15) is 128 Å². The summed E-state index contributed by atoms with van der Waals surface area (Å²) in [5.74, 6) is -0.294. The molecular formula is C35H54N2O3. The van der Waals surface area contributed by atoms with Crippen molar-refractivity contribution in [2.45, 2.75) is 129 Å². The van der Waals surface area contributed by atoms with E-state index in [4.69, 9.17) is 0 Å². The SMILES string of the molecule is CCCCCCCCCCCCCCCC(=O)N(Cc1ccccc1)C(C(=O)NC(C)(C)CO)c1ccccc1. The van der Waals surface area contributed by atoms with Crippen molar-refractivity contribution in [1.29, 1.82) is 0 Å². The zero-order valence-corrected chi connectivity index (χ0v) is 25.4. The molecule has 5 nitrogen and oxygen atoms in total. The van der Waals surface area contributed by atoms with Crippen LogP contribution in [0.5, 0.6) is 0 Å². The third-order valence-corrected chi connectivity index (χ3v) is 7.54. The van der Waals surface area contributed by atoms with Gasteiger partial charge in [0, 0.05) is 13.0 Å². The van der Waals surface area contributed by atoms with Gasteiger partial charge in [-0.1, -0.05) is 145 Å². The molecule has 222 valence electrons. The minimum absolute atomic E-state index is 0.0160. The highest BCUT2D eigenvalue weighted by molar-refractivity contribution is 5.89. The molecule has 0 spiro atoms. The number of unbranched alkanes of at least 4 members (excludes halogenated alkanes) is 12. The van der Waals surface area contributed by atoms with E-state index in [0.717, 1.165) is 30.4 Å². The Bertz CT molecular complexity index is 946. The Morgan fingerprint density at radius 3 is 1.73 bits per heavy atom. The molecule has 2 aromatic carbocycles. The van der Waals surface area contributed by atoms with Gasteiger partial charge in [-0.05, 0) is 31.4 Å². The van der Waals surface area contributed by atoms with Crippen LogP contribution in [0.25, 0.3) is 0 Å². The molecule has 0 bridgehead atoms. The highest BCUT2D eigenvalue weighted by Crippen LogP contribution is 2.26. The Balaban J connectivity index is 1.95. The molecule has 2 rings (SSSR count). The third-order valence-electron chi connectivity index (χ3n) is 7.54. The van der Waals surface area contributed by atoms with E-state index >= 15 is 0 Å². The number of hydrogen-bond donors (Lipinski definition) is 2. The fourth-order valence-electron chi connectivity index (χ4n) is 5.09. The maximum Gasteiger partial charge on any atom is 0.247 e. The topological polar surface area (TPSA) is 69.6 Å². The predicted molar refractivity (Wildman–Crippen MR) is 166 cm³/mol. The van der Waals surface area contributed by atoms with Crippen LogP contribution in [0.4, 0.5) is 0 Å². The van der Waals surface area contributed by atoms with Crippen molar-refractivity contribution < 1.29 is 14.7 Å². The van der Waals surface area contributed by atoms with Crippen LogP contribution in [0.15, 0.2) is 60.7 Å². The lowest BCUT2D eigenvalue weighted by Gasteiger charge is -2.34. The van der Waals surface area contributed by atoms with E-state index in [1.165, 1.54) is 64.2 Å². The van der Waals surface area contributed by atoms with E-state index in [1.807, 2.05) is 60.7 Å². The second-order valence-electron chi connectivity index (χ2n) is 11.8. The summed E-state index contributed by atoms with van der Waals surface area (Å²) in [4.78, 5) is 29.0. The second kappa shape index (κ2) is 19.4. The van der Waals surface area contributed by atoms with Crippen LogP contribution < -0.4 is 5.32 Å². The fourth-order valence-corrected chi connectivity index (χ4v) is 5.09. The molecule has 40 heavy (non-hydrogen) atoms. The molecule has 0 heterocycles. The zero-order valence-electron chi connectivity index (χ0n) is 25.4. The maximum absolute atomic E-state index is 13.7. The van der Waals surface area contributed by atoms with Crippen LogP contribution in [-0.4, -0.2) is 34.0 Å². The first kappa shape index (κ1) is 33.5. The molecule has 0 fully saturated rings. The summed E-state index contributed by atoms with van der Waals surface area (Å²) >= 11 is 0. The second-order valence-corrected chi connectivity index (χ2v) is 11.8. The smallest absolute Gasteiger partial charge is 0.247 e. The lowest BCUT2D eigenvalue weighted by Crippen LogP contribution is -2.52. The predicted octanol–water partition coefficient (Wildman–Crippen LogP) is 8.12. The van der Waals surface area contributed by atoms with E-state index in [1.54, 1.807) is 18.7 Å². The highest BCUT2D eigenvalue weighted by Gasteiger charge is 2.33. The molecule has 0 aromatic heterocycles. The van der Waals surface area contributed by atoms with Gasteiger partial charge >= 0.3 is 0 Å². The monoisotopic (exact) mass is 550 g/mol. The first-order valence-corrected chi connectivity index (χ1v) is 15.7.